The molecule has 0 radical (unpaired) electrons. The molecule has 22 heavy (non-hydrogen) atoms. The van der Waals surface area contributed by atoms with Gasteiger partial charge < -0.3 is 10.1 Å². The molecule has 4 heteroatoms. The zero-order valence-electron chi connectivity index (χ0n) is 13.6. The van der Waals surface area contributed by atoms with E-state index in [0.29, 0.717) is 6.42 Å². The van der Waals surface area contributed by atoms with E-state index in [-0.39, 0.29) is 5.97 Å². The maximum atomic E-state index is 11.6. The minimum Gasteiger partial charge on any atom is -0.460 e. The van der Waals surface area contributed by atoms with E-state index in [4.69, 9.17) is 4.74 Å². The molecule has 0 saturated carbocycles. The number of hydrogen-bond acceptors (Lipinski definition) is 4. The third-order valence-corrected chi connectivity index (χ3v) is 3.19. The van der Waals surface area contributed by atoms with Crippen LogP contribution in [0.1, 0.15) is 39.2 Å². The lowest BCUT2D eigenvalue weighted by molar-refractivity contribution is -0.154. The van der Waals surface area contributed by atoms with Crippen LogP contribution in [0.3, 0.4) is 0 Å². The minimum absolute atomic E-state index is 0.138. The van der Waals surface area contributed by atoms with Crippen LogP contribution < -0.4 is 5.32 Å². The fraction of sp³-hybridized carbons (Fsp3) is 0.444. The van der Waals surface area contributed by atoms with E-state index in [1.54, 1.807) is 0 Å². The van der Waals surface area contributed by atoms with Crippen LogP contribution in [0.2, 0.25) is 0 Å². The van der Waals surface area contributed by atoms with E-state index < -0.39 is 5.60 Å². The lowest BCUT2D eigenvalue weighted by Crippen LogP contribution is -2.24. The van der Waals surface area contributed by atoms with Crippen LogP contribution in [-0.4, -0.2) is 23.1 Å². The highest BCUT2D eigenvalue weighted by Crippen LogP contribution is 2.15. The van der Waals surface area contributed by atoms with E-state index in [1.807, 2.05) is 39.1 Å². The highest BCUT2D eigenvalue weighted by Gasteiger charge is 2.15. The van der Waals surface area contributed by atoms with Gasteiger partial charge in [0.15, 0.2) is 0 Å². The molecule has 1 N–H and O–H groups in total. The fourth-order valence-corrected chi connectivity index (χ4v) is 2.28. The molecule has 1 heterocycles. The number of carbonyl (C=O) groups is 1. The van der Waals surface area contributed by atoms with Gasteiger partial charge in [0.1, 0.15) is 5.60 Å². The van der Waals surface area contributed by atoms with Crippen LogP contribution in [0.4, 0.5) is 0 Å². The maximum Gasteiger partial charge on any atom is 0.306 e. The standard InChI is InChI=1S/C18H24N2O2/c1-18(2,3)22-16(21)10-6-11-19-13-15-8-4-7-14-9-5-12-20-17(14)15/h4-5,7-9,12,19H,6,10-11,13H2,1-3H3. The molecule has 0 unspecified atom stereocenters. The molecule has 0 aliphatic rings. The second-order valence-electron chi connectivity index (χ2n) is 6.36. The first-order chi connectivity index (χ1) is 10.5. The Balaban J connectivity index is 1.76. The lowest BCUT2D eigenvalue weighted by Gasteiger charge is -2.19. The van der Waals surface area contributed by atoms with Crippen LogP contribution in [0.15, 0.2) is 36.5 Å². The number of rotatable bonds is 6. The quantitative estimate of drug-likeness (QED) is 0.656. The number of carbonyl (C=O) groups excluding carboxylic acids is 1. The normalized spacial score (nSPS) is 11.6. The summed E-state index contributed by atoms with van der Waals surface area (Å²) in [6.45, 7) is 7.19. The van der Waals surface area contributed by atoms with Crippen LogP contribution >= 0.6 is 0 Å². The van der Waals surface area contributed by atoms with Crippen molar-refractivity contribution >= 4 is 16.9 Å². The Hall–Kier alpha value is -1.94. The molecule has 1 aromatic heterocycles. The number of nitrogens with one attached hydrogen (secondary N) is 1. The largest absolute Gasteiger partial charge is 0.460 e. The van der Waals surface area contributed by atoms with Crippen LogP contribution in [0, 0.1) is 0 Å². The molecule has 0 aliphatic carbocycles. The Kier molecular flexibility index (Phi) is 5.50. The molecule has 0 aliphatic heterocycles. The molecule has 1 aromatic carbocycles. The van der Waals surface area contributed by atoms with Crippen LogP contribution in [0.5, 0.6) is 0 Å². The summed E-state index contributed by atoms with van der Waals surface area (Å²) in [5.74, 6) is -0.138. The van der Waals surface area contributed by atoms with Crippen molar-refractivity contribution in [2.45, 2.75) is 45.8 Å². The fourth-order valence-electron chi connectivity index (χ4n) is 2.28. The first-order valence-electron chi connectivity index (χ1n) is 7.71. The summed E-state index contributed by atoms with van der Waals surface area (Å²) in [7, 11) is 0. The highest BCUT2D eigenvalue weighted by molar-refractivity contribution is 5.81. The summed E-state index contributed by atoms with van der Waals surface area (Å²) < 4.78 is 5.28. The van der Waals surface area contributed by atoms with Crippen LogP contribution in [-0.2, 0) is 16.1 Å². The van der Waals surface area contributed by atoms with Gasteiger partial charge in [-0.05, 0) is 45.4 Å². The zero-order valence-corrected chi connectivity index (χ0v) is 13.6. The zero-order chi connectivity index (χ0) is 16.0. The van der Waals surface area contributed by atoms with E-state index in [1.165, 1.54) is 5.56 Å². The van der Waals surface area contributed by atoms with Gasteiger partial charge in [-0.2, -0.15) is 0 Å². The second kappa shape index (κ2) is 7.36. The summed E-state index contributed by atoms with van der Waals surface area (Å²) >= 11 is 0. The molecule has 0 amide bonds. The highest BCUT2D eigenvalue weighted by atomic mass is 16.6. The molecular formula is C18H24N2O2. The average molecular weight is 300 g/mol. The smallest absolute Gasteiger partial charge is 0.306 e. The molecule has 4 nitrogen and oxygen atoms in total. The van der Waals surface area contributed by atoms with Gasteiger partial charge in [0, 0.05) is 24.5 Å². The summed E-state index contributed by atoms with van der Waals surface area (Å²) in [5, 5.41) is 4.51. The van der Waals surface area contributed by atoms with Gasteiger partial charge in [-0.15, -0.1) is 0 Å². The van der Waals surface area contributed by atoms with Gasteiger partial charge in [0.2, 0.25) is 0 Å². The van der Waals surface area contributed by atoms with Crippen molar-refractivity contribution in [1.82, 2.24) is 10.3 Å². The van der Waals surface area contributed by atoms with E-state index in [0.717, 1.165) is 30.4 Å². The molecule has 0 saturated heterocycles. The Morgan fingerprint density at radius 2 is 2.00 bits per heavy atom. The van der Waals surface area contributed by atoms with Gasteiger partial charge in [-0.1, -0.05) is 24.3 Å². The van der Waals surface area contributed by atoms with Crippen molar-refractivity contribution in [2.75, 3.05) is 6.54 Å². The van der Waals surface area contributed by atoms with Crippen molar-refractivity contribution in [3.05, 3.63) is 42.1 Å². The maximum absolute atomic E-state index is 11.6. The third kappa shape index (κ3) is 5.11. The molecule has 118 valence electrons. The topological polar surface area (TPSA) is 51.2 Å². The molecule has 0 spiro atoms. The van der Waals surface area contributed by atoms with Crippen LogP contribution in [0.25, 0.3) is 10.9 Å². The van der Waals surface area contributed by atoms with Gasteiger partial charge in [0.05, 0.1) is 5.52 Å². The van der Waals surface area contributed by atoms with E-state index in [9.17, 15) is 4.79 Å². The molecule has 0 fully saturated rings. The third-order valence-electron chi connectivity index (χ3n) is 3.19. The number of nitrogens with zero attached hydrogens (tertiary/aromatic N) is 1. The van der Waals surface area contributed by atoms with Gasteiger partial charge in [0.25, 0.3) is 0 Å². The summed E-state index contributed by atoms with van der Waals surface area (Å²) in [6, 6.07) is 10.2. The minimum atomic E-state index is -0.404. The van der Waals surface area contributed by atoms with Crippen molar-refractivity contribution in [1.29, 1.82) is 0 Å². The summed E-state index contributed by atoms with van der Waals surface area (Å²) in [6.07, 6.45) is 3.03. The van der Waals surface area contributed by atoms with Crippen molar-refractivity contribution in [3.63, 3.8) is 0 Å². The van der Waals surface area contributed by atoms with Crippen molar-refractivity contribution < 1.29 is 9.53 Å². The number of benzene rings is 1. The Bertz CT molecular complexity index is 627. The van der Waals surface area contributed by atoms with E-state index in [2.05, 4.69) is 28.5 Å². The second-order valence-corrected chi connectivity index (χ2v) is 6.36. The van der Waals surface area contributed by atoms with Gasteiger partial charge in [-0.25, -0.2) is 0 Å². The number of aromatic nitrogens is 1. The number of pyridine rings is 1. The van der Waals surface area contributed by atoms with Gasteiger partial charge in [-0.3, -0.25) is 9.78 Å². The predicted octanol–water partition coefficient (Wildman–Crippen LogP) is 3.45. The van der Waals surface area contributed by atoms with Gasteiger partial charge >= 0.3 is 5.97 Å². The first-order valence-corrected chi connectivity index (χ1v) is 7.71. The Labute approximate surface area is 131 Å². The van der Waals surface area contributed by atoms with Crippen molar-refractivity contribution in [2.24, 2.45) is 0 Å². The lowest BCUT2D eigenvalue weighted by atomic mass is 10.1. The molecule has 2 rings (SSSR count). The summed E-state index contributed by atoms with van der Waals surface area (Å²) in [5.41, 5.74) is 1.80. The number of esters is 1. The molecular weight excluding hydrogens is 276 g/mol. The monoisotopic (exact) mass is 300 g/mol. The number of para-hydroxylation sites is 1. The molecule has 0 atom stereocenters. The summed E-state index contributed by atoms with van der Waals surface area (Å²) in [4.78, 5) is 16.0. The van der Waals surface area contributed by atoms with E-state index >= 15 is 0 Å². The number of ether oxygens (including phenoxy) is 1. The SMILES string of the molecule is CC(C)(C)OC(=O)CCCNCc1cccc2cccnc12. The Morgan fingerprint density at radius 3 is 2.77 bits per heavy atom. The first kappa shape index (κ1) is 16.4. The van der Waals surface area contributed by atoms with Crippen molar-refractivity contribution in [3.8, 4) is 0 Å². The molecule has 0 bridgehead atoms. The number of hydrogen-bond donors (Lipinski definition) is 1. The number of fused-ring (bicyclic) bond motifs is 1. The average Bonchev–Trinajstić information content (AvgIpc) is 2.45. The Morgan fingerprint density at radius 1 is 1.23 bits per heavy atom. The predicted molar refractivity (Wildman–Crippen MR) is 88.5 cm³/mol. The molecule has 2 aromatic rings.